The van der Waals surface area contributed by atoms with Gasteiger partial charge in [-0.1, -0.05) is 0 Å². The maximum Gasteiger partial charge on any atom is 0.417 e. The van der Waals surface area contributed by atoms with E-state index >= 15 is 0 Å². The Morgan fingerprint density at radius 1 is 1.10 bits per heavy atom. The molecule has 4 N–H and O–H groups in total. The highest BCUT2D eigenvalue weighted by molar-refractivity contribution is 9.10. The van der Waals surface area contributed by atoms with E-state index in [-0.39, 0.29) is 6.47 Å². The molecule has 10 heteroatoms. The molecule has 0 fully saturated rings. The Kier molecular flexibility index (Phi) is 6.71. The molecule has 0 saturated heterocycles. The summed E-state index contributed by atoms with van der Waals surface area (Å²) in [6.07, 6.45) is 1.68. The number of aromatic amines is 1. The summed E-state index contributed by atoms with van der Waals surface area (Å²) in [4.78, 5) is 31.2. The second kappa shape index (κ2) is 9.43. The molecule has 0 saturated carbocycles. The lowest BCUT2D eigenvalue weighted by Crippen LogP contribution is -2.02. The van der Waals surface area contributed by atoms with Gasteiger partial charge in [-0.2, -0.15) is 4.98 Å². The third kappa shape index (κ3) is 5.28. The number of anilines is 4. The molecule has 4 aromatic rings. The van der Waals surface area contributed by atoms with Crippen LogP contribution >= 0.6 is 15.9 Å². The lowest BCUT2D eigenvalue weighted by molar-refractivity contribution is -0.122. The Balaban J connectivity index is 0.000000858. The molecule has 0 amide bonds. The van der Waals surface area contributed by atoms with Gasteiger partial charge in [0.2, 0.25) is 5.95 Å². The fourth-order valence-electron chi connectivity index (χ4n) is 2.92. The number of hydrogen-bond donors (Lipinski definition) is 4. The van der Waals surface area contributed by atoms with Crippen molar-refractivity contribution in [1.29, 1.82) is 0 Å². The van der Waals surface area contributed by atoms with Gasteiger partial charge in [0.1, 0.15) is 5.82 Å². The first-order valence-electron chi connectivity index (χ1n) is 9.16. The second-order valence-corrected chi connectivity index (χ2v) is 7.56. The highest BCUT2D eigenvalue weighted by atomic mass is 79.9. The lowest BCUT2D eigenvalue weighted by atomic mass is 10.0. The second-order valence-electron chi connectivity index (χ2n) is 6.71. The number of carbonyl (C=O) groups is 1. The molecular weight excluding hydrogens is 466 g/mol. The largest absolute Gasteiger partial charge is 0.483 e. The maximum absolute atomic E-state index is 11.3. The zero-order chi connectivity index (χ0) is 22.5. The molecule has 160 valence electrons. The Hall–Kier alpha value is -3.66. The molecule has 0 bridgehead atoms. The number of fused-ring (bicyclic) bond motifs is 1. The van der Waals surface area contributed by atoms with E-state index in [2.05, 4.69) is 74.4 Å². The maximum atomic E-state index is 11.3. The summed E-state index contributed by atoms with van der Waals surface area (Å²) in [6, 6.07) is 9.47. The molecule has 31 heavy (non-hydrogen) atoms. The van der Waals surface area contributed by atoms with Gasteiger partial charge in [-0.15, -0.1) is 0 Å². The van der Waals surface area contributed by atoms with E-state index < -0.39 is 5.76 Å². The van der Waals surface area contributed by atoms with Crippen LogP contribution in [0.1, 0.15) is 16.7 Å². The van der Waals surface area contributed by atoms with Gasteiger partial charge in [0.25, 0.3) is 6.47 Å². The lowest BCUT2D eigenvalue weighted by Gasteiger charge is -2.12. The van der Waals surface area contributed by atoms with Crippen LogP contribution in [0.3, 0.4) is 0 Å². The number of halogens is 1. The number of oxazole rings is 1. The van der Waals surface area contributed by atoms with E-state index in [9.17, 15) is 4.79 Å². The van der Waals surface area contributed by atoms with Crippen LogP contribution in [0, 0.1) is 20.8 Å². The number of rotatable bonds is 4. The number of hydrogen-bond acceptors (Lipinski definition) is 7. The molecule has 0 atom stereocenters. The highest BCUT2D eigenvalue weighted by Crippen LogP contribution is 2.27. The minimum absolute atomic E-state index is 0.250. The molecule has 0 aliphatic carbocycles. The Morgan fingerprint density at radius 3 is 2.45 bits per heavy atom. The molecule has 4 rings (SSSR count). The zero-order valence-corrected chi connectivity index (χ0v) is 18.6. The quantitative estimate of drug-likeness (QED) is 0.303. The molecule has 2 aromatic heterocycles. The van der Waals surface area contributed by atoms with E-state index in [1.54, 1.807) is 18.3 Å². The van der Waals surface area contributed by atoms with Crippen molar-refractivity contribution in [3.63, 3.8) is 0 Å². The molecule has 0 unspecified atom stereocenters. The number of aromatic nitrogens is 3. The predicted molar refractivity (Wildman–Crippen MR) is 122 cm³/mol. The summed E-state index contributed by atoms with van der Waals surface area (Å²) in [5.41, 5.74) is 6.51. The van der Waals surface area contributed by atoms with E-state index in [1.165, 1.54) is 16.7 Å². The number of nitrogens with zero attached hydrogens (tertiary/aromatic N) is 2. The monoisotopic (exact) mass is 485 g/mol. The average Bonchev–Trinajstić information content (AvgIpc) is 3.08. The van der Waals surface area contributed by atoms with Crippen molar-refractivity contribution in [1.82, 2.24) is 15.0 Å². The third-order valence-electron chi connectivity index (χ3n) is 4.61. The number of nitrogens with one attached hydrogen (secondary N) is 3. The number of aryl methyl sites for hydroxylation is 2. The van der Waals surface area contributed by atoms with E-state index in [0.29, 0.717) is 22.9 Å². The molecular formula is C21H20BrN5O4. The molecule has 9 nitrogen and oxygen atoms in total. The fraction of sp³-hybridized carbons (Fsp3) is 0.143. The summed E-state index contributed by atoms with van der Waals surface area (Å²) in [7, 11) is 0. The van der Waals surface area contributed by atoms with Crippen molar-refractivity contribution in [3.8, 4) is 0 Å². The fourth-order valence-corrected chi connectivity index (χ4v) is 3.21. The molecule has 0 spiro atoms. The van der Waals surface area contributed by atoms with Crippen molar-refractivity contribution in [3.05, 3.63) is 68.2 Å². The van der Waals surface area contributed by atoms with Crippen molar-refractivity contribution in [2.75, 3.05) is 10.6 Å². The molecule has 0 aliphatic heterocycles. The van der Waals surface area contributed by atoms with E-state index in [0.717, 1.165) is 15.8 Å². The van der Waals surface area contributed by atoms with Gasteiger partial charge in [0, 0.05) is 17.6 Å². The van der Waals surface area contributed by atoms with Crippen molar-refractivity contribution in [2.24, 2.45) is 0 Å². The van der Waals surface area contributed by atoms with E-state index in [1.807, 2.05) is 6.07 Å². The average molecular weight is 486 g/mol. The van der Waals surface area contributed by atoms with Gasteiger partial charge in [0.15, 0.2) is 5.58 Å². The van der Waals surface area contributed by atoms with Crippen LogP contribution < -0.4 is 16.4 Å². The minimum Gasteiger partial charge on any atom is -0.483 e. The molecule has 0 radical (unpaired) electrons. The van der Waals surface area contributed by atoms with Gasteiger partial charge in [-0.05, 0) is 83.7 Å². The minimum atomic E-state index is -0.481. The molecule has 0 aliphatic rings. The summed E-state index contributed by atoms with van der Waals surface area (Å²) in [6.45, 7) is 6.02. The SMILES string of the molecule is Cc1cc(Nc2ncc(Br)c(Nc3ccc4oc(=O)[nH]c4c3)n2)cc(C)c1C.O=CO. The van der Waals surface area contributed by atoms with Crippen LogP contribution in [0.15, 0.2) is 50.2 Å². The summed E-state index contributed by atoms with van der Waals surface area (Å²) in [5.74, 6) is 0.597. The first-order chi connectivity index (χ1) is 14.8. The summed E-state index contributed by atoms with van der Waals surface area (Å²) in [5, 5.41) is 13.4. The Labute approximate surface area is 185 Å². The number of H-pyrrole nitrogens is 1. The number of carboxylic acid groups (broad SMARTS) is 1. The van der Waals surface area contributed by atoms with Crippen molar-refractivity contribution < 1.29 is 14.3 Å². The third-order valence-corrected chi connectivity index (χ3v) is 5.19. The van der Waals surface area contributed by atoms with Gasteiger partial charge in [0.05, 0.1) is 9.99 Å². The van der Waals surface area contributed by atoms with Crippen LogP contribution in [0.4, 0.5) is 23.1 Å². The first kappa shape index (κ1) is 22.0. The molecule has 2 aromatic carbocycles. The Bertz CT molecular complexity index is 1280. The van der Waals surface area contributed by atoms with Crippen LogP contribution in [0.25, 0.3) is 11.1 Å². The van der Waals surface area contributed by atoms with Crippen LogP contribution in [0.5, 0.6) is 0 Å². The van der Waals surface area contributed by atoms with Gasteiger partial charge in [-0.25, -0.2) is 9.78 Å². The van der Waals surface area contributed by atoms with E-state index in [4.69, 9.17) is 14.3 Å². The highest BCUT2D eigenvalue weighted by Gasteiger charge is 2.09. The van der Waals surface area contributed by atoms with Crippen LogP contribution in [0.2, 0.25) is 0 Å². The van der Waals surface area contributed by atoms with Crippen LogP contribution in [-0.4, -0.2) is 26.5 Å². The molecule has 2 heterocycles. The first-order valence-corrected chi connectivity index (χ1v) is 9.95. The van der Waals surface area contributed by atoms with Crippen molar-refractivity contribution in [2.45, 2.75) is 20.8 Å². The van der Waals surface area contributed by atoms with Gasteiger partial charge >= 0.3 is 5.76 Å². The normalized spacial score (nSPS) is 10.3. The van der Waals surface area contributed by atoms with Gasteiger partial charge < -0.3 is 20.2 Å². The smallest absolute Gasteiger partial charge is 0.417 e. The summed E-state index contributed by atoms with van der Waals surface area (Å²) >= 11 is 3.47. The van der Waals surface area contributed by atoms with Gasteiger partial charge in [-0.3, -0.25) is 9.78 Å². The standard InChI is InChI=1S/C20H18BrN5O2.CH2O2/c1-10-6-14(7-11(2)12(10)3)24-19-22-9-15(21)18(26-19)23-13-4-5-17-16(8-13)25-20(27)28-17;2-1-3/h4-9H,1-3H3,(H,25,27)(H2,22,23,24,26);1H,(H,2,3). The topological polar surface area (TPSA) is 133 Å². The Morgan fingerprint density at radius 2 is 1.77 bits per heavy atom. The summed E-state index contributed by atoms with van der Waals surface area (Å²) < 4.78 is 5.74. The van der Waals surface area contributed by atoms with Crippen molar-refractivity contribution >= 4 is 56.6 Å². The number of benzene rings is 2. The predicted octanol–water partition coefficient (Wildman–Crippen LogP) is 4.79. The zero-order valence-electron chi connectivity index (χ0n) is 17.0. The van der Waals surface area contributed by atoms with Crippen LogP contribution in [-0.2, 0) is 4.79 Å².